The lowest BCUT2D eigenvalue weighted by Crippen LogP contribution is -1.92. The SMILES string of the molecule is Cc1ccc(-c2onc(-c3c(C)cc(C)cc3C)c2C#N)cc1. The van der Waals surface area contributed by atoms with Gasteiger partial charge >= 0.3 is 0 Å². The van der Waals surface area contributed by atoms with E-state index in [1.165, 1.54) is 5.56 Å². The van der Waals surface area contributed by atoms with Crippen molar-refractivity contribution in [3.05, 3.63) is 64.2 Å². The summed E-state index contributed by atoms with van der Waals surface area (Å²) in [5.41, 5.74) is 7.52. The zero-order valence-corrected chi connectivity index (χ0v) is 13.8. The van der Waals surface area contributed by atoms with E-state index in [9.17, 15) is 5.26 Å². The Morgan fingerprint density at radius 1 is 0.913 bits per heavy atom. The number of aryl methyl sites for hydroxylation is 4. The molecule has 2 aromatic carbocycles. The lowest BCUT2D eigenvalue weighted by Gasteiger charge is -2.08. The Balaban J connectivity index is 2.21. The molecule has 0 amide bonds. The predicted octanol–water partition coefficient (Wildman–Crippen LogP) is 5.11. The molecular weight excluding hydrogens is 284 g/mol. The minimum Gasteiger partial charge on any atom is -0.354 e. The quantitative estimate of drug-likeness (QED) is 0.660. The zero-order valence-electron chi connectivity index (χ0n) is 13.8. The highest BCUT2D eigenvalue weighted by atomic mass is 16.5. The van der Waals surface area contributed by atoms with Crippen LogP contribution in [-0.4, -0.2) is 5.16 Å². The van der Waals surface area contributed by atoms with Crippen molar-refractivity contribution < 1.29 is 4.52 Å². The molecule has 3 aromatic rings. The van der Waals surface area contributed by atoms with E-state index < -0.39 is 0 Å². The number of nitriles is 1. The van der Waals surface area contributed by atoms with Crippen LogP contribution in [0.25, 0.3) is 22.6 Å². The second-order valence-corrected chi connectivity index (χ2v) is 5.99. The molecule has 23 heavy (non-hydrogen) atoms. The Morgan fingerprint density at radius 3 is 2.09 bits per heavy atom. The maximum Gasteiger partial charge on any atom is 0.185 e. The fourth-order valence-corrected chi connectivity index (χ4v) is 3.02. The number of nitrogens with zero attached hydrogens (tertiary/aromatic N) is 2. The highest BCUT2D eigenvalue weighted by Gasteiger charge is 2.21. The lowest BCUT2D eigenvalue weighted by molar-refractivity contribution is 0.434. The molecule has 0 aliphatic heterocycles. The summed E-state index contributed by atoms with van der Waals surface area (Å²) in [6.45, 7) is 8.17. The Hall–Kier alpha value is -2.86. The summed E-state index contributed by atoms with van der Waals surface area (Å²) in [5.74, 6) is 0.530. The van der Waals surface area contributed by atoms with Crippen LogP contribution in [0.15, 0.2) is 40.9 Å². The molecule has 3 heteroatoms. The summed E-state index contributed by atoms with van der Waals surface area (Å²) in [6, 6.07) is 14.4. The standard InChI is InChI=1S/C20H18N2O/c1-12-5-7-16(8-6-12)20-17(11-21)19(22-23-20)18-14(3)9-13(2)10-15(18)4/h5-10H,1-4H3. The maximum absolute atomic E-state index is 9.65. The van der Waals surface area contributed by atoms with E-state index in [0.29, 0.717) is 17.0 Å². The van der Waals surface area contributed by atoms with Crippen LogP contribution in [0.4, 0.5) is 0 Å². The third-order valence-corrected chi connectivity index (χ3v) is 4.03. The van der Waals surface area contributed by atoms with Crippen LogP contribution in [0, 0.1) is 39.0 Å². The predicted molar refractivity (Wildman–Crippen MR) is 91.0 cm³/mol. The van der Waals surface area contributed by atoms with Gasteiger partial charge in [0.1, 0.15) is 17.3 Å². The van der Waals surface area contributed by atoms with Gasteiger partial charge in [0, 0.05) is 11.1 Å². The van der Waals surface area contributed by atoms with Crippen LogP contribution >= 0.6 is 0 Å². The third kappa shape index (κ3) is 2.64. The monoisotopic (exact) mass is 302 g/mol. The summed E-state index contributed by atoms with van der Waals surface area (Å²) in [6.07, 6.45) is 0. The largest absolute Gasteiger partial charge is 0.354 e. The molecule has 0 N–H and O–H groups in total. The van der Waals surface area contributed by atoms with Gasteiger partial charge in [-0.3, -0.25) is 0 Å². The highest BCUT2D eigenvalue weighted by Crippen LogP contribution is 2.35. The average molecular weight is 302 g/mol. The molecule has 0 aliphatic rings. The van der Waals surface area contributed by atoms with Crippen molar-refractivity contribution in [1.82, 2.24) is 5.16 Å². The number of rotatable bonds is 2. The van der Waals surface area contributed by atoms with Gasteiger partial charge < -0.3 is 4.52 Å². The van der Waals surface area contributed by atoms with Crippen molar-refractivity contribution in [1.29, 1.82) is 5.26 Å². The molecule has 0 atom stereocenters. The second kappa shape index (κ2) is 5.73. The maximum atomic E-state index is 9.65. The summed E-state index contributed by atoms with van der Waals surface area (Å²) in [7, 11) is 0. The van der Waals surface area contributed by atoms with E-state index in [-0.39, 0.29) is 0 Å². The minimum absolute atomic E-state index is 0.490. The normalized spacial score (nSPS) is 10.6. The molecule has 1 heterocycles. The van der Waals surface area contributed by atoms with Gasteiger partial charge in [0.2, 0.25) is 0 Å². The Kier molecular flexibility index (Phi) is 3.75. The van der Waals surface area contributed by atoms with Crippen molar-refractivity contribution in [2.24, 2.45) is 0 Å². The fourth-order valence-electron chi connectivity index (χ4n) is 3.02. The van der Waals surface area contributed by atoms with Gasteiger partial charge in [-0.1, -0.05) is 52.7 Å². The molecule has 114 valence electrons. The first-order valence-electron chi connectivity index (χ1n) is 7.56. The summed E-state index contributed by atoms with van der Waals surface area (Å²) < 4.78 is 5.53. The highest BCUT2D eigenvalue weighted by molar-refractivity contribution is 5.79. The van der Waals surface area contributed by atoms with E-state index in [4.69, 9.17) is 4.52 Å². The van der Waals surface area contributed by atoms with Gasteiger partial charge in [-0.2, -0.15) is 5.26 Å². The average Bonchev–Trinajstić information content (AvgIpc) is 2.90. The summed E-state index contributed by atoms with van der Waals surface area (Å²) in [4.78, 5) is 0. The molecule has 0 aliphatic carbocycles. The first-order chi connectivity index (χ1) is 11.0. The molecule has 0 spiro atoms. The Labute approximate surface area is 136 Å². The molecule has 0 fully saturated rings. The molecule has 0 saturated heterocycles. The van der Waals surface area contributed by atoms with Gasteiger partial charge in [-0.25, -0.2) is 0 Å². The van der Waals surface area contributed by atoms with E-state index >= 15 is 0 Å². The van der Waals surface area contributed by atoms with Gasteiger partial charge in [0.05, 0.1) is 0 Å². The topological polar surface area (TPSA) is 49.8 Å². The van der Waals surface area contributed by atoms with E-state index in [2.05, 4.69) is 30.3 Å². The lowest BCUT2D eigenvalue weighted by atomic mass is 9.94. The number of benzene rings is 2. The van der Waals surface area contributed by atoms with Crippen LogP contribution in [0.1, 0.15) is 27.8 Å². The molecule has 3 nitrogen and oxygen atoms in total. The van der Waals surface area contributed by atoms with Crippen molar-refractivity contribution in [3.63, 3.8) is 0 Å². The first kappa shape index (κ1) is 15.1. The Morgan fingerprint density at radius 2 is 1.52 bits per heavy atom. The molecule has 0 unspecified atom stereocenters. The number of hydrogen-bond donors (Lipinski definition) is 0. The Bertz CT molecular complexity index is 889. The first-order valence-corrected chi connectivity index (χ1v) is 7.56. The number of hydrogen-bond acceptors (Lipinski definition) is 3. The fraction of sp³-hybridized carbons (Fsp3) is 0.200. The summed E-state index contributed by atoms with van der Waals surface area (Å²) in [5, 5.41) is 13.9. The smallest absolute Gasteiger partial charge is 0.185 e. The van der Waals surface area contributed by atoms with Crippen molar-refractivity contribution in [2.75, 3.05) is 0 Å². The molecule has 3 rings (SSSR count). The number of aromatic nitrogens is 1. The van der Waals surface area contributed by atoms with E-state index in [1.54, 1.807) is 0 Å². The molecule has 1 aromatic heterocycles. The van der Waals surface area contributed by atoms with Gasteiger partial charge in [-0.05, 0) is 38.8 Å². The molecule has 0 saturated carbocycles. The molecular formula is C20H18N2O. The summed E-state index contributed by atoms with van der Waals surface area (Å²) >= 11 is 0. The van der Waals surface area contributed by atoms with E-state index in [0.717, 1.165) is 27.8 Å². The van der Waals surface area contributed by atoms with Crippen molar-refractivity contribution in [3.8, 4) is 28.7 Å². The molecule has 0 radical (unpaired) electrons. The molecule has 0 bridgehead atoms. The van der Waals surface area contributed by atoms with Crippen LogP contribution in [0.5, 0.6) is 0 Å². The van der Waals surface area contributed by atoms with Crippen LogP contribution in [0.2, 0.25) is 0 Å². The van der Waals surface area contributed by atoms with E-state index in [1.807, 2.05) is 45.0 Å². The van der Waals surface area contributed by atoms with Crippen molar-refractivity contribution in [2.45, 2.75) is 27.7 Å². The van der Waals surface area contributed by atoms with Gasteiger partial charge in [0.15, 0.2) is 5.76 Å². The van der Waals surface area contributed by atoms with Gasteiger partial charge in [0.25, 0.3) is 0 Å². The van der Waals surface area contributed by atoms with Crippen LogP contribution in [0.3, 0.4) is 0 Å². The minimum atomic E-state index is 0.490. The second-order valence-electron chi connectivity index (χ2n) is 5.99. The van der Waals surface area contributed by atoms with Gasteiger partial charge in [-0.15, -0.1) is 0 Å². The van der Waals surface area contributed by atoms with Crippen molar-refractivity contribution >= 4 is 0 Å². The third-order valence-electron chi connectivity index (χ3n) is 4.03. The van der Waals surface area contributed by atoms with Crippen LogP contribution < -0.4 is 0 Å². The van der Waals surface area contributed by atoms with Crippen LogP contribution in [-0.2, 0) is 0 Å². The zero-order chi connectivity index (χ0) is 16.6.